The molecule has 0 saturated heterocycles. The number of allylic oxidation sites excluding steroid dienone is 14. The van der Waals surface area contributed by atoms with Gasteiger partial charge in [0.25, 0.3) is 0 Å². The number of esters is 2. The number of ether oxygens (including phenoxy) is 4. The van der Waals surface area contributed by atoms with Gasteiger partial charge in [-0.1, -0.05) is 214 Å². The number of rotatable bonds is 52. The lowest BCUT2D eigenvalue weighted by Crippen LogP contribution is -2.44. The van der Waals surface area contributed by atoms with Gasteiger partial charge in [-0.05, 0) is 89.9 Å². The Kier molecular flexibility index (Phi) is 50.2. The van der Waals surface area contributed by atoms with Crippen LogP contribution < -0.4 is 5.11 Å². The Morgan fingerprint density at radius 2 is 0.803 bits per heavy atom. The standard InChI is InChI=1S/C62H107NO8/c1-6-8-10-12-14-16-18-20-22-24-26-28-29-30-31-33-35-37-39-41-43-45-47-49-51-53-60(65)71-58(57-70-62(61(66)67)68-55-54-63(3,4)5)56-69-59(64)52-50-48-46-44-42-40-38-36-34-32-27-25-23-21-19-17-15-13-11-9-7-2/h8,10,14,16,20,22,25-28,30-31,35,37,58,62H,6-7,9,11-13,15,17-19,21,23-24,29,32-34,36,38-57H2,1-5H3/b10-8-,16-14-,22-20-,27-25-,28-26-,31-30-,37-35-. The van der Waals surface area contributed by atoms with Crippen LogP contribution in [0.25, 0.3) is 0 Å². The van der Waals surface area contributed by atoms with E-state index in [9.17, 15) is 19.5 Å². The molecule has 408 valence electrons. The fourth-order valence-corrected chi connectivity index (χ4v) is 7.71. The summed E-state index contributed by atoms with van der Waals surface area (Å²) in [6.45, 7) is 4.62. The second-order valence-electron chi connectivity index (χ2n) is 20.2. The van der Waals surface area contributed by atoms with Crippen molar-refractivity contribution in [2.45, 2.75) is 245 Å². The highest BCUT2D eigenvalue weighted by molar-refractivity contribution is 5.70. The Labute approximate surface area is 436 Å². The van der Waals surface area contributed by atoms with Gasteiger partial charge < -0.3 is 33.3 Å². The highest BCUT2D eigenvalue weighted by atomic mass is 16.7. The summed E-state index contributed by atoms with van der Waals surface area (Å²) >= 11 is 0. The molecule has 0 radical (unpaired) electrons. The lowest BCUT2D eigenvalue weighted by atomic mass is 10.1. The van der Waals surface area contributed by atoms with Gasteiger partial charge in [0, 0.05) is 12.8 Å². The Morgan fingerprint density at radius 1 is 0.437 bits per heavy atom. The average molecular weight is 995 g/mol. The number of nitrogens with zero attached hydrogens (tertiary/aromatic N) is 1. The van der Waals surface area contributed by atoms with E-state index in [0.717, 1.165) is 96.3 Å². The van der Waals surface area contributed by atoms with Crippen molar-refractivity contribution in [3.05, 3.63) is 85.1 Å². The van der Waals surface area contributed by atoms with Gasteiger partial charge in [0.1, 0.15) is 13.2 Å². The number of carboxylic acid groups (broad SMARTS) is 1. The number of hydrogen-bond donors (Lipinski definition) is 0. The number of likely N-dealkylation sites (N-methyl/N-ethyl adjacent to an activating group) is 1. The fourth-order valence-electron chi connectivity index (χ4n) is 7.71. The number of carboxylic acids is 1. The first kappa shape index (κ1) is 67.5. The van der Waals surface area contributed by atoms with Gasteiger partial charge >= 0.3 is 11.9 Å². The Hall–Kier alpha value is -3.53. The maximum absolute atomic E-state index is 12.9. The van der Waals surface area contributed by atoms with E-state index in [1.54, 1.807) is 0 Å². The first-order valence-electron chi connectivity index (χ1n) is 28.7. The monoisotopic (exact) mass is 994 g/mol. The van der Waals surface area contributed by atoms with Crippen molar-refractivity contribution in [1.82, 2.24) is 0 Å². The summed E-state index contributed by atoms with van der Waals surface area (Å²) in [6.07, 6.45) is 66.2. The lowest BCUT2D eigenvalue weighted by molar-refractivity contribution is -0.870. The molecule has 0 bridgehead atoms. The van der Waals surface area contributed by atoms with Crippen LogP contribution in [0.5, 0.6) is 0 Å². The van der Waals surface area contributed by atoms with E-state index in [2.05, 4.69) is 98.9 Å². The van der Waals surface area contributed by atoms with Gasteiger partial charge in [0.15, 0.2) is 12.4 Å². The predicted octanol–water partition coefficient (Wildman–Crippen LogP) is 15.5. The molecule has 0 aromatic rings. The molecule has 0 N–H and O–H groups in total. The fraction of sp³-hybridized carbons (Fsp3) is 0.726. The smallest absolute Gasteiger partial charge is 0.306 e. The molecular weight excluding hydrogens is 887 g/mol. The topological polar surface area (TPSA) is 111 Å². The van der Waals surface area contributed by atoms with E-state index in [-0.39, 0.29) is 38.6 Å². The molecule has 71 heavy (non-hydrogen) atoms. The highest BCUT2D eigenvalue weighted by Gasteiger charge is 2.22. The summed E-state index contributed by atoms with van der Waals surface area (Å²) in [7, 11) is 5.91. The summed E-state index contributed by atoms with van der Waals surface area (Å²) in [5.74, 6) is -2.31. The molecule has 0 amide bonds. The van der Waals surface area contributed by atoms with E-state index in [4.69, 9.17) is 18.9 Å². The number of unbranched alkanes of at least 4 members (excludes halogenated alkanes) is 23. The van der Waals surface area contributed by atoms with Crippen LogP contribution in [0.15, 0.2) is 85.1 Å². The van der Waals surface area contributed by atoms with Gasteiger partial charge in [0.05, 0.1) is 40.3 Å². The molecule has 0 saturated carbocycles. The van der Waals surface area contributed by atoms with Gasteiger partial charge in [-0.15, -0.1) is 0 Å². The molecule has 9 heteroatoms. The molecular formula is C62H107NO8. The van der Waals surface area contributed by atoms with Crippen LogP contribution in [0, 0.1) is 0 Å². The Bertz CT molecular complexity index is 1440. The third-order valence-electron chi connectivity index (χ3n) is 12.1. The van der Waals surface area contributed by atoms with Gasteiger partial charge in [-0.2, -0.15) is 0 Å². The van der Waals surface area contributed by atoms with E-state index in [1.165, 1.54) is 103 Å². The molecule has 0 aromatic heterocycles. The van der Waals surface area contributed by atoms with Gasteiger partial charge in [0.2, 0.25) is 0 Å². The molecule has 0 fully saturated rings. The molecule has 9 nitrogen and oxygen atoms in total. The first-order valence-corrected chi connectivity index (χ1v) is 28.7. The van der Waals surface area contributed by atoms with Crippen LogP contribution in [0.4, 0.5) is 0 Å². The second-order valence-corrected chi connectivity index (χ2v) is 20.2. The number of carbonyl (C=O) groups excluding carboxylic acids is 3. The number of carbonyl (C=O) groups is 3. The highest BCUT2D eigenvalue weighted by Crippen LogP contribution is 2.15. The second kappa shape index (κ2) is 52.8. The molecule has 0 aliphatic rings. The van der Waals surface area contributed by atoms with Crippen molar-refractivity contribution >= 4 is 17.9 Å². The molecule has 0 aliphatic carbocycles. The summed E-state index contributed by atoms with van der Waals surface area (Å²) in [6, 6.07) is 0. The van der Waals surface area contributed by atoms with E-state index >= 15 is 0 Å². The van der Waals surface area contributed by atoms with Crippen LogP contribution in [0.1, 0.15) is 232 Å². The van der Waals surface area contributed by atoms with Crippen molar-refractivity contribution < 1.29 is 42.9 Å². The van der Waals surface area contributed by atoms with Crippen LogP contribution in [-0.2, 0) is 33.3 Å². The summed E-state index contributed by atoms with van der Waals surface area (Å²) < 4.78 is 22.7. The van der Waals surface area contributed by atoms with Crippen molar-refractivity contribution in [3.63, 3.8) is 0 Å². The van der Waals surface area contributed by atoms with Gasteiger partial charge in [-0.3, -0.25) is 9.59 Å². The third-order valence-corrected chi connectivity index (χ3v) is 12.1. The molecule has 0 spiro atoms. The van der Waals surface area contributed by atoms with E-state index in [0.29, 0.717) is 17.4 Å². The third kappa shape index (κ3) is 54.1. The minimum atomic E-state index is -1.63. The summed E-state index contributed by atoms with van der Waals surface area (Å²) in [5.41, 5.74) is 0. The first-order chi connectivity index (χ1) is 34.6. The minimum Gasteiger partial charge on any atom is -0.545 e. The zero-order valence-corrected chi connectivity index (χ0v) is 46.3. The van der Waals surface area contributed by atoms with Crippen LogP contribution >= 0.6 is 0 Å². The largest absolute Gasteiger partial charge is 0.545 e. The SMILES string of the molecule is CC/C=C\C/C=C\C/C=C\C/C=C\C/C=C\C/C=C\CCCCCCCCC(=O)OC(COC(=O)CCCCCCCCCCC/C=C\CCCCCCCCCC)COC(OCC[N+](C)(C)C)C(=O)[O-]. The summed E-state index contributed by atoms with van der Waals surface area (Å²) in [4.78, 5) is 37.3. The minimum absolute atomic E-state index is 0.140. The van der Waals surface area contributed by atoms with Crippen LogP contribution in [-0.4, -0.2) is 82.3 Å². The molecule has 0 aromatic carbocycles. The zero-order valence-electron chi connectivity index (χ0n) is 46.3. The van der Waals surface area contributed by atoms with Crippen molar-refractivity contribution in [3.8, 4) is 0 Å². The predicted molar refractivity (Wildman–Crippen MR) is 297 cm³/mol. The Morgan fingerprint density at radius 3 is 1.21 bits per heavy atom. The van der Waals surface area contributed by atoms with Crippen molar-refractivity contribution in [2.75, 3.05) is 47.5 Å². The number of hydrogen-bond acceptors (Lipinski definition) is 8. The van der Waals surface area contributed by atoms with Crippen molar-refractivity contribution in [1.29, 1.82) is 0 Å². The summed E-state index contributed by atoms with van der Waals surface area (Å²) in [5, 5.41) is 11.8. The quantitative estimate of drug-likeness (QED) is 0.0195. The van der Waals surface area contributed by atoms with Crippen LogP contribution in [0.2, 0.25) is 0 Å². The normalized spacial score (nSPS) is 13.4. The number of quaternary nitrogens is 1. The van der Waals surface area contributed by atoms with Crippen LogP contribution in [0.3, 0.4) is 0 Å². The zero-order chi connectivity index (χ0) is 52.0. The van der Waals surface area contributed by atoms with E-state index in [1.807, 2.05) is 21.1 Å². The van der Waals surface area contributed by atoms with E-state index < -0.39 is 24.3 Å². The van der Waals surface area contributed by atoms with Crippen molar-refractivity contribution in [2.24, 2.45) is 0 Å². The lowest BCUT2D eigenvalue weighted by Gasteiger charge is -2.26. The van der Waals surface area contributed by atoms with Gasteiger partial charge in [-0.25, -0.2) is 0 Å². The molecule has 0 rings (SSSR count). The molecule has 2 atom stereocenters. The molecule has 2 unspecified atom stereocenters. The molecule has 0 aliphatic heterocycles. The molecule has 0 heterocycles. The number of aliphatic carboxylic acids is 1. The Balaban J connectivity index is 4.32. The maximum Gasteiger partial charge on any atom is 0.306 e. The maximum atomic E-state index is 12.9. The average Bonchev–Trinajstić information content (AvgIpc) is 3.34.